The van der Waals surface area contributed by atoms with Gasteiger partial charge in [0, 0.05) is 29.9 Å². The predicted molar refractivity (Wildman–Crippen MR) is 288 cm³/mol. The van der Waals surface area contributed by atoms with Crippen molar-refractivity contribution in [2.45, 2.75) is 165 Å². The van der Waals surface area contributed by atoms with Gasteiger partial charge in [0.25, 0.3) is 5.69 Å². The fourth-order valence-electron chi connectivity index (χ4n) is 10.9. The van der Waals surface area contributed by atoms with Gasteiger partial charge >= 0.3 is 12.1 Å². The van der Waals surface area contributed by atoms with Crippen LogP contribution in [0.1, 0.15) is 80.9 Å². The molecular formula is C62H69NO19. The number of unbranched alkanes of at least 4 members (excludes halogenated alkanes) is 1. The molecule has 5 aromatic carbocycles. The standard InChI is InChI=1S/C62H69NO19/c1-37-46(76-58-52(70-34-40-22-11-6-12-23-40)49(69-33-39-20-9-5-10-21-39)47-44(75-58)35-71-55(77-47)41-24-13-7-14-25-41)50-54(82-61(65)81-50)59(73-37)79-51-48-45(36-72-56(78-48)42-26-15-8-16-27-42)74-57(53(51)80-60(64)62(2,3)4)68-32-18-17-19-38-28-30-43(31-29-38)63(66)67/h5-16,20-31,37,44-59H,17-19,32-36H2,1-4H3/t37?,44?,45?,46-,47+,48-,49-,50?,51-,52?,53?,54-,55?,56?,57+,58-,59-/m0/s1. The van der Waals surface area contributed by atoms with Crippen molar-refractivity contribution in [3.63, 3.8) is 0 Å². The highest BCUT2D eigenvalue weighted by atomic mass is 16.8. The third-order valence-electron chi connectivity index (χ3n) is 15.2. The molecule has 20 nitrogen and oxygen atoms in total. The first-order chi connectivity index (χ1) is 39.8. The molecule has 82 heavy (non-hydrogen) atoms. The Labute approximate surface area is 475 Å². The predicted octanol–water partition coefficient (Wildman–Crippen LogP) is 9.16. The monoisotopic (exact) mass is 1130 g/mol. The lowest BCUT2D eigenvalue weighted by molar-refractivity contribution is -0.401. The Hall–Kier alpha value is -6.24. The van der Waals surface area contributed by atoms with Crippen LogP contribution in [0.15, 0.2) is 146 Å². The molecule has 0 N–H and O–H groups in total. The summed E-state index contributed by atoms with van der Waals surface area (Å²) in [6, 6.07) is 44.9. The number of nitrogens with zero attached hydrogens (tertiary/aromatic N) is 1. The van der Waals surface area contributed by atoms with Crippen LogP contribution < -0.4 is 0 Å². The van der Waals surface area contributed by atoms with Crippen LogP contribution in [0.4, 0.5) is 10.5 Å². The number of nitro groups is 1. The van der Waals surface area contributed by atoms with Crippen LogP contribution in [0.3, 0.4) is 0 Å². The van der Waals surface area contributed by atoms with E-state index in [4.69, 9.17) is 71.1 Å². The molecule has 0 aromatic heterocycles. The highest BCUT2D eigenvalue weighted by Crippen LogP contribution is 2.43. The lowest BCUT2D eigenvalue weighted by Crippen LogP contribution is -2.67. The van der Waals surface area contributed by atoms with Crippen LogP contribution >= 0.6 is 0 Å². The average molecular weight is 1130 g/mol. The first-order valence-corrected chi connectivity index (χ1v) is 28.0. The molecule has 6 aliphatic rings. The summed E-state index contributed by atoms with van der Waals surface area (Å²) < 4.78 is 98.8. The van der Waals surface area contributed by atoms with E-state index in [1.807, 2.05) is 121 Å². The lowest BCUT2D eigenvalue weighted by atomic mass is 9.94. The van der Waals surface area contributed by atoms with Gasteiger partial charge in [-0.25, -0.2) is 4.79 Å². The number of aryl methyl sites for hydroxylation is 1. The van der Waals surface area contributed by atoms with E-state index in [9.17, 15) is 19.7 Å². The number of carbonyl (C=O) groups is 2. The molecule has 0 radical (unpaired) electrons. The summed E-state index contributed by atoms with van der Waals surface area (Å²) in [5, 5.41) is 11.2. The summed E-state index contributed by atoms with van der Waals surface area (Å²) in [4.78, 5) is 38.4. The highest BCUT2D eigenvalue weighted by Gasteiger charge is 2.61. The second-order valence-electron chi connectivity index (χ2n) is 22.2. The van der Waals surface area contributed by atoms with Crippen LogP contribution in [-0.2, 0) is 95.5 Å². The second-order valence-corrected chi connectivity index (χ2v) is 22.2. The van der Waals surface area contributed by atoms with Gasteiger partial charge in [0.2, 0.25) is 0 Å². The number of rotatable bonds is 20. The molecule has 6 saturated heterocycles. The zero-order valence-corrected chi connectivity index (χ0v) is 46.0. The minimum atomic E-state index is -1.35. The van der Waals surface area contributed by atoms with Gasteiger partial charge in [0.15, 0.2) is 49.8 Å². The van der Waals surface area contributed by atoms with E-state index in [1.165, 1.54) is 12.1 Å². The largest absolute Gasteiger partial charge is 0.509 e. The van der Waals surface area contributed by atoms with Crippen LogP contribution in [0, 0.1) is 15.5 Å². The quantitative estimate of drug-likeness (QED) is 0.0307. The Morgan fingerprint density at radius 2 is 1.07 bits per heavy atom. The SMILES string of the molecule is CC1O[C@@H](O[C@@H]2C(OC(=O)C(C)(C)C)[C@H](OCCCCc3ccc([N+](=O)[O-])cc3)OC3COC(c4ccccc4)O[C@@H]32)[C@H]2OC(=O)OC2[C@H]1O[C@@H]1OC2COC(c3ccccc3)O[C@H]2[C@H](OCc2ccccc2)C1OCc1ccccc1. The molecule has 20 heteroatoms. The van der Waals surface area contributed by atoms with E-state index in [0.29, 0.717) is 19.3 Å². The zero-order chi connectivity index (χ0) is 56.7. The summed E-state index contributed by atoms with van der Waals surface area (Å²) in [5.74, 6) is -0.569. The minimum Gasteiger partial charge on any atom is -0.454 e. The van der Waals surface area contributed by atoms with E-state index in [1.54, 1.807) is 39.8 Å². The van der Waals surface area contributed by atoms with E-state index in [2.05, 4.69) is 0 Å². The van der Waals surface area contributed by atoms with Crippen molar-refractivity contribution in [1.82, 2.24) is 0 Å². The molecule has 6 heterocycles. The van der Waals surface area contributed by atoms with Gasteiger partial charge in [-0.15, -0.1) is 0 Å². The fourth-order valence-corrected chi connectivity index (χ4v) is 10.9. The Morgan fingerprint density at radius 1 is 0.549 bits per heavy atom. The van der Waals surface area contributed by atoms with Crippen molar-refractivity contribution in [2.24, 2.45) is 5.41 Å². The number of carbonyl (C=O) groups excluding carboxylic acids is 2. The normalized spacial score (nSPS) is 32.5. The number of fused-ring (bicyclic) bond motifs is 3. The van der Waals surface area contributed by atoms with Gasteiger partial charge < -0.3 is 71.1 Å². The van der Waals surface area contributed by atoms with E-state index < -0.39 is 127 Å². The molecule has 6 aliphatic heterocycles. The maximum absolute atomic E-state index is 14.0. The third kappa shape index (κ3) is 13.5. The lowest BCUT2D eigenvalue weighted by Gasteiger charge is -2.51. The minimum absolute atomic E-state index is 0.0155. The van der Waals surface area contributed by atoms with E-state index in [0.717, 1.165) is 27.8 Å². The summed E-state index contributed by atoms with van der Waals surface area (Å²) in [7, 11) is 0. The molecule has 17 atom stereocenters. The molecular weight excluding hydrogens is 1060 g/mol. The number of ether oxygens (including phenoxy) is 15. The van der Waals surface area contributed by atoms with Crippen molar-refractivity contribution >= 4 is 17.8 Å². The molecule has 8 unspecified atom stereocenters. The molecule has 11 rings (SSSR count). The number of benzene rings is 5. The first kappa shape index (κ1) is 57.6. The van der Waals surface area contributed by atoms with Crippen molar-refractivity contribution in [2.75, 3.05) is 19.8 Å². The summed E-state index contributed by atoms with van der Waals surface area (Å²) in [5.41, 5.74) is 3.35. The van der Waals surface area contributed by atoms with Crippen LogP contribution in [0.2, 0.25) is 0 Å². The first-order valence-electron chi connectivity index (χ1n) is 28.0. The number of nitro benzene ring substituents is 1. The second kappa shape index (κ2) is 26.1. The van der Waals surface area contributed by atoms with Gasteiger partial charge in [-0.1, -0.05) is 133 Å². The summed E-state index contributed by atoms with van der Waals surface area (Å²) >= 11 is 0. The van der Waals surface area contributed by atoms with Gasteiger partial charge in [-0.3, -0.25) is 14.9 Å². The molecule has 436 valence electrons. The number of esters is 1. The third-order valence-corrected chi connectivity index (χ3v) is 15.2. The Balaban J connectivity index is 0.865. The van der Waals surface area contributed by atoms with Gasteiger partial charge in [-0.05, 0) is 63.6 Å². The number of hydrogen-bond donors (Lipinski definition) is 0. The van der Waals surface area contributed by atoms with Gasteiger partial charge in [0.05, 0.1) is 42.9 Å². The maximum atomic E-state index is 14.0. The molecule has 0 spiro atoms. The highest BCUT2D eigenvalue weighted by molar-refractivity contribution is 5.75. The average Bonchev–Trinajstić information content (AvgIpc) is 3.74. The van der Waals surface area contributed by atoms with Crippen LogP contribution in [-0.4, -0.2) is 129 Å². The summed E-state index contributed by atoms with van der Waals surface area (Å²) in [6.45, 7) is 7.67. The Bertz CT molecular complexity index is 2860. The van der Waals surface area contributed by atoms with Crippen molar-refractivity contribution < 1.29 is 85.6 Å². The van der Waals surface area contributed by atoms with E-state index in [-0.39, 0.29) is 38.7 Å². The molecule has 0 saturated carbocycles. The number of hydrogen-bond acceptors (Lipinski definition) is 19. The van der Waals surface area contributed by atoms with Crippen molar-refractivity contribution in [3.05, 3.63) is 184 Å². The Morgan fingerprint density at radius 3 is 1.65 bits per heavy atom. The van der Waals surface area contributed by atoms with Crippen LogP contribution in [0.25, 0.3) is 0 Å². The molecule has 6 fully saturated rings. The Kier molecular flexibility index (Phi) is 18.3. The molecule has 0 amide bonds. The zero-order valence-electron chi connectivity index (χ0n) is 46.0. The smallest absolute Gasteiger partial charge is 0.454 e. The number of non-ortho nitro benzene ring substituents is 1. The fraction of sp³-hybridized carbons (Fsp3) is 0.484. The molecule has 0 bridgehead atoms. The summed E-state index contributed by atoms with van der Waals surface area (Å²) in [6.07, 6.45) is -16.0. The maximum Gasteiger partial charge on any atom is 0.509 e. The molecule has 5 aromatic rings. The van der Waals surface area contributed by atoms with Crippen LogP contribution in [0.5, 0.6) is 0 Å². The van der Waals surface area contributed by atoms with Gasteiger partial charge in [0.1, 0.15) is 48.8 Å². The van der Waals surface area contributed by atoms with Crippen molar-refractivity contribution in [1.29, 1.82) is 0 Å². The van der Waals surface area contributed by atoms with Crippen molar-refractivity contribution in [3.8, 4) is 0 Å². The van der Waals surface area contributed by atoms with Gasteiger partial charge in [-0.2, -0.15) is 0 Å². The molecule has 0 aliphatic carbocycles. The van der Waals surface area contributed by atoms with E-state index >= 15 is 0 Å². The topological polar surface area (TPSA) is 216 Å².